The van der Waals surface area contributed by atoms with Crippen LogP contribution in [0.2, 0.25) is 0 Å². The molecular formula is C14H18ClNO2. The molecule has 1 aromatic carbocycles. The molecule has 0 spiro atoms. The zero-order valence-corrected chi connectivity index (χ0v) is 11.3. The molecule has 18 heavy (non-hydrogen) atoms. The summed E-state index contributed by atoms with van der Waals surface area (Å²) < 4.78 is 5.05. The highest BCUT2D eigenvalue weighted by atomic mass is 35.5. The third kappa shape index (κ3) is 3.39. The summed E-state index contributed by atoms with van der Waals surface area (Å²) in [5.41, 5.74) is 0.677. The predicted octanol–water partition coefficient (Wildman–Crippen LogP) is 3.41. The van der Waals surface area contributed by atoms with Gasteiger partial charge in [0.1, 0.15) is 0 Å². The van der Waals surface area contributed by atoms with Crippen molar-refractivity contribution < 1.29 is 9.53 Å². The lowest BCUT2D eigenvalue weighted by molar-refractivity contribution is 0.0917. The highest BCUT2D eigenvalue weighted by Crippen LogP contribution is 2.22. The van der Waals surface area contributed by atoms with Gasteiger partial charge in [-0.1, -0.05) is 41.9 Å². The van der Waals surface area contributed by atoms with E-state index in [4.69, 9.17) is 16.3 Å². The van der Waals surface area contributed by atoms with E-state index >= 15 is 0 Å². The number of halogens is 1. The second-order valence-electron chi connectivity index (χ2n) is 4.61. The number of carbonyl (C=O) groups is 1. The van der Waals surface area contributed by atoms with Gasteiger partial charge in [-0.25, -0.2) is 4.79 Å². The minimum absolute atomic E-state index is 0.232. The van der Waals surface area contributed by atoms with Crippen LogP contribution in [0, 0.1) is 0 Å². The van der Waals surface area contributed by atoms with E-state index < -0.39 is 5.56 Å². The van der Waals surface area contributed by atoms with Gasteiger partial charge in [0.05, 0.1) is 0 Å². The van der Waals surface area contributed by atoms with Gasteiger partial charge in [-0.15, -0.1) is 0 Å². The molecule has 1 aliphatic heterocycles. The van der Waals surface area contributed by atoms with Crippen molar-refractivity contribution in [3.05, 3.63) is 35.9 Å². The van der Waals surface area contributed by atoms with E-state index in [0.717, 1.165) is 25.8 Å². The van der Waals surface area contributed by atoms with Crippen LogP contribution in [-0.4, -0.2) is 29.1 Å². The van der Waals surface area contributed by atoms with Gasteiger partial charge in [0.2, 0.25) is 0 Å². The molecule has 2 atom stereocenters. The van der Waals surface area contributed by atoms with Crippen LogP contribution < -0.4 is 0 Å². The first-order valence-corrected chi connectivity index (χ1v) is 6.75. The second-order valence-corrected chi connectivity index (χ2v) is 5.22. The molecule has 0 bridgehead atoms. The summed E-state index contributed by atoms with van der Waals surface area (Å²) in [5, 5.41) is 0. The maximum Gasteiger partial charge on any atom is 0.411 e. The van der Waals surface area contributed by atoms with Crippen LogP contribution in [0.25, 0.3) is 0 Å². The lowest BCUT2D eigenvalue weighted by Crippen LogP contribution is -2.38. The zero-order valence-electron chi connectivity index (χ0n) is 10.5. The van der Waals surface area contributed by atoms with Crippen molar-refractivity contribution in [2.45, 2.75) is 37.8 Å². The van der Waals surface area contributed by atoms with Crippen molar-refractivity contribution in [1.82, 2.24) is 4.90 Å². The lowest BCUT2D eigenvalue weighted by Gasteiger charge is -2.24. The number of benzene rings is 1. The molecule has 1 aromatic rings. The van der Waals surface area contributed by atoms with Crippen LogP contribution in [0.5, 0.6) is 0 Å². The number of hydrogen-bond donors (Lipinski definition) is 0. The Kier molecular flexibility index (Phi) is 4.48. The number of alkyl halides is 1. The number of hydrogen-bond acceptors (Lipinski definition) is 2. The van der Waals surface area contributed by atoms with Gasteiger partial charge in [-0.05, 0) is 31.7 Å². The first kappa shape index (κ1) is 13.2. The Morgan fingerprint density at radius 1 is 1.50 bits per heavy atom. The standard InChI is InChI=1S/C14H18ClNO2/c1-11(15)18-14(17)16-9-5-8-13(16)10-12-6-3-2-4-7-12/h2-4,6-7,11,13H,5,8-10H2,1H3/t11?,13-/m0/s1. The maximum atomic E-state index is 11.9. The van der Waals surface area contributed by atoms with Crippen LogP contribution in [0.15, 0.2) is 30.3 Å². The van der Waals surface area contributed by atoms with Crippen LogP contribution in [-0.2, 0) is 11.2 Å². The van der Waals surface area contributed by atoms with Crippen molar-refractivity contribution in [3.8, 4) is 0 Å². The largest absolute Gasteiger partial charge is 0.430 e. The average molecular weight is 268 g/mol. The highest BCUT2D eigenvalue weighted by Gasteiger charge is 2.30. The predicted molar refractivity (Wildman–Crippen MR) is 71.7 cm³/mol. The van der Waals surface area contributed by atoms with Crippen LogP contribution >= 0.6 is 11.6 Å². The average Bonchev–Trinajstić information content (AvgIpc) is 2.77. The third-order valence-electron chi connectivity index (χ3n) is 3.19. The van der Waals surface area contributed by atoms with Crippen molar-refractivity contribution >= 4 is 17.7 Å². The zero-order chi connectivity index (χ0) is 13.0. The molecule has 0 saturated carbocycles. The smallest absolute Gasteiger partial charge is 0.411 e. The van der Waals surface area contributed by atoms with E-state index in [0.29, 0.717) is 0 Å². The summed E-state index contributed by atoms with van der Waals surface area (Å²) in [6.45, 7) is 2.42. The molecule has 1 saturated heterocycles. The highest BCUT2D eigenvalue weighted by molar-refractivity contribution is 6.19. The monoisotopic (exact) mass is 267 g/mol. The van der Waals surface area contributed by atoms with Crippen LogP contribution in [0.4, 0.5) is 4.79 Å². The molecule has 0 radical (unpaired) electrons. The molecule has 0 aromatic heterocycles. The Labute approximate surface area is 113 Å². The van der Waals surface area contributed by atoms with Crippen LogP contribution in [0.1, 0.15) is 25.3 Å². The van der Waals surface area contributed by atoms with Gasteiger partial charge in [-0.2, -0.15) is 0 Å². The quantitative estimate of drug-likeness (QED) is 0.786. The molecule has 0 N–H and O–H groups in total. The molecule has 4 heteroatoms. The molecule has 1 amide bonds. The van der Waals surface area contributed by atoms with Gasteiger partial charge < -0.3 is 9.64 Å². The minimum atomic E-state index is -0.574. The van der Waals surface area contributed by atoms with Gasteiger partial charge in [0.25, 0.3) is 0 Å². The fourth-order valence-corrected chi connectivity index (χ4v) is 2.46. The Balaban J connectivity index is 1.97. The van der Waals surface area contributed by atoms with Gasteiger partial charge in [0, 0.05) is 12.6 Å². The Hall–Kier alpha value is -1.22. The molecule has 0 aliphatic carbocycles. The number of likely N-dealkylation sites (tertiary alicyclic amines) is 1. The number of carbonyl (C=O) groups excluding carboxylic acids is 1. The van der Waals surface area contributed by atoms with Crippen molar-refractivity contribution in [2.24, 2.45) is 0 Å². The summed E-state index contributed by atoms with van der Waals surface area (Å²) >= 11 is 5.69. The number of nitrogens with zero attached hydrogens (tertiary/aromatic N) is 1. The molecule has 1 fully saturated rings. The van der Waals surface area contributed by atoms with Gasteiger partial charge in [-0.3, -0.25) is 0 Å². The maximum absolute atomic E-state index is 11.9. The van der Waals surface area contributed by atoms with E-state index in [1.165, 1.54) is 5.56 Å². The molecule has 1 heterocycles. The fourth-order valence-electron chi connectivity index (χ4n) is 2.38. The van der Waals surface area contributed by atoms with E-state index in [1.54, 1.807) is 11.8 Å². The lowest BCUT2D eigenvalue weighted by atomic mass is 10.0. The van der Waals surface area contributed by atoms with Crippen molar-refractivity contribution in [2.75, 3.05) is 6.54 Å². The summed E-state index contributed by atoms with van der Waals surface area (Å²) in [7, 11) is 0. The number of ether oxygens (including phenoxy) is 1. The third-order valence-corrected chi connectivity index (χ3v) is 3.28. The summed E-state index contributed by atoms with van der Waals surface area (Å²) in [4.78, 5) is 13.7. The molecular weight excluding hydrogens is 250 g/mol. The van der Waals surface area contributed by atoms with Crippen molar-refractivity contribution in [1.29, 1.82) is 0 Å². The van der Waals surface area contributed by atoms with E-state index in [9.17, 15) is 4.79 Å². The SMILES string of the molecule is CC(Cl)OC(=O)N1CCC[C@H]1Cc1ccccc1. The molecule has 3 nitrogen and oxygen atoms in total. The fraction of sp³-hybridized carbons (Fsp3) is 0.500. The molecule has 2 rings (SSSR count). The van der Waals surface area contributed by atoms with E-state index in [1.807, 2.05) is 18.2 Å². The minimum Gasteiger partial charge on any atom is -0.430 e. The van der Waals surface area contributed by atoms with Gasteiger partial charge >= 0.3 is 6.09 Å². The first-order chi connectivity index (χ1) is 8.66. The Morgan fingerprint density at radius 3 is 2.89 bits per heavy atom. The number of rotatable bonds is 3. The van der Waals surface area contributed by atoms with Crippen molar-refractivity contribution in [3.63, 3.8) is 0 Å². The first-order valence-electron chi connectivity index (χ1n) is 6.32. The van der Waals surface area contributed by atoms with E-state index in [2.05, 4.69) is 12.1 Å². The van der Waals surface area contributed by atoms with E-state index in [-0.39, 0.29) is 12.1 Å². The topological polar surface area (TPSA) is 29.5 Å². The van der Waals surface area contributed by atoms with Gasteiger partial charge in [0.15, 0.2) is 5.56 Å². The Morgan fingerprint density at radius 2 is 2.22 bits per heavy atom. The normalized spacial score (nSPS) is 20.8. The summed E-state index contributed by atoms with van der Waals surface area (Å²) in [6.07, 6.45) is 2.65. The summed E-state index contributed by atoms with van der Waals surface area (Å²) in [5.74, 6) is 0. The molecule has 98 valence electrons. The molecule has 1 unspecified atom stereocenters. The Bertz CT molecular complexity index is 394. The molecule has 1 aliphatic rings. The summed E-state index contributed by atoms with van der Waals surface area (Å²) in [6, 6.07) is 10.5. The second kappa shape index (κ2) is 6.10. The van der Waals surface area contributed by atoms with Crippen LogP contribution in [0.3, 0.4) is 0 Å². The number of amides is 1.